The van der Waals surface area contributed by atoms with Gasteiger partial charge in [0.15, 0.2) is 0 Å². The fourth-order valence-corrected chi connectivity index (χ4v) is 1.01. The minimum atomic E-state index is -1.57. The van der Waals surface area contributed by atoms with Crippen LogP contribution in [0.1, 0.15) is 45.4 Å². The van der Waals surface area contributed by atoms with Crippen molar-refractivity contribution in [2.45, 2.75) is 45.4 Å². The quantitative estimate of drug-likeness (QED) is 0.412. The van der Waals surface area contributed by atoms with Crippen LogP contribution in [0.4, 0.5) is 0 Å². The second-order valence-electron chi connectivity index (χ2n) is 3.35. The predicted octanol–water partition coefficient (Wildman–Crippen LogP) is 1.55. The van der Waals surface area contributed by atoms with E-state index in [9.17, 15) is 9.59 Å². The van der Waals surface area contributed by atoms with Crippen LogP contribution in [-0.2, 0) is 14.3 Å². The van der Waals surface area contributed by atoms with Gasteiger partial charge >= 0.3 is 11.9 Å². The first kappa shape index (κ1) is 17.3. The summed E-state index contributed by atoms with van der Waals surface area (Å²) in [5, 5.41) is 7.71. The number of carboxylic acid groups (broad SMARTS) is 1. The van der Waals surface area contributed by atoms with Gasteiger partial charge in [-0.05, 0) is 13.0 Å². The normalized spacial score (nSPS) is 8.94. The van der Waals surface area contributed by atoms with Gasteiger partial charge in [-0.2, -0.15) is 0 Å². The topological polar surface area (TPSA) is 89.6 Å². The molecular formula is C11H23NO4. The number of carbonyl (C=O) groups excluding carboxylic acids is 1. The summed E-state index contributed by atoms with van der Waals surface area (Å²) < 4.78 is 3.77. The highest BCUT2D eigenvalue weighted by molar-refractivity contribution is 6.28. The zero-order valence-electron chi connectivity index (χ0n) is 10.2. The first-order chi connectivity index (χ1) is 7.59. The van der Waals surface area contributed by atoms with Crippen LogP contribution in [0.15, 0.2) is 0 Å². The molecule has 16 heavy (non-hydrogen) atoms. The van der Waals surface area contributed by atoms with E-state index in [1.807, 2.05) is 0 Å². The molecule has 0 saturated heterocycles. The summed E-state index contributed by atoms with van der Waals surface area (Å²) >= 11 is 0. The molecule has 0 aliphatic rings. The molecule has 0 aromatic carbocycles. The van der Waals surface area contributed by atoms with Gasteiger partial charge in [0.2, 0.25) is 0 Å². The van der Waals surface area contributed by atoms with Gasteiger partial charge in [0.25, 0.3) is 0 Å². The fourth-order valence-electron chi connectivity index (χ4n) is 1.01. The van der Waals surface area contributed by atoms with E-state index >= 15 is 0 Å². The van der Waals surface area contributed by atoms with E-state index in [0.717, 1.165) is 13.7 Å². The molecule has 0 unspecified atom stereocenters. The van der Waals surface area contributed by atoms with Gasteiger partial charge < -0.3 is 15.6 Å². The van der Waals surface area contributed by atoms with E-state index in [1.165, 1.54) is 38.5 Å². The Hall–Kier alpha value is -1.10. The number of carbonyl (C=O) groups is 2. The summed E-state index contributed by atoms with van der Waals surface area (Å²) in [6, 6.07) is 0. The van der Waals surface area contributed by atoms with Gasteiger partial charge in [-0.1, -0.05) is 39.0 Å². The third-order valence-electron chi connectivity index (χ3n) is 1.92. The summed E-state index contributed by atoms with van der Waals surface area (Å²) in [5.74, 6) is -2.80. The molecule has 0 aromatic rings. The van der Waals surface area contributed by atoms with Crippen LogP contribution < -0.4 is 5.73 Å². The van der Waals surface area contributed by atoms with E-state index in [2.05, 4.69) is 11.7 Å². The Morgan fingerprint density at radius 3 is 1.94 bits per heavy atom. The summed E-state index contributed by atoms with van der Waals surface area (Å²) in [4.78, 5) is 19.1. The maximum Gasteiger partial charge on any atom is 0.417 e. The number of unbranched alkanes of at least 4 members (excludes halogenated alkanes) is 5. The first-order valence-corrected chi connectivity index (χ1v) is 5.61. The number of ether oxygens (including phenoxy) is 1. The van der Waals surface area contributed by atoms with Crippen LogP contribution >= 0.6 is 0 Å². The van der Waals surface area contributed by atoms with Crippen LogP contribution in [0, 0.1) is 0 Å². The van der Waals surface area contributed by atoms with Crippen molar-refractivity contribution in [3.05, 3.63) is 0 Å². The molecule has 0 aliphatic heterocycles. The first-order valence-electron chi connectivity index (χ1n) is 5.61. The molecule has 0 rings (SSSR count). The standard InChI is InChI=1S/C8H19N.C3H4O4/c1-2-3-4-5-6-7-8-9;1-7-3(6)2(4)5/h2-9H2,1H3;1H3,(H,4,5). The van der Waals surface area contributed by atoms with Crippen molar-refractivity contribution < 1.29 is 19.4 Å². The number of methoxy groups -OCH3 is 1. The minimum Gasteiger partial charge on any atom is -0.473 e. The van der Waals surface area contributed by atoms with Crippen LogP contribution in [0.2, 0.25) is 0 Å². The maximum absolute atomic E-state index is 9.69. The van der Waals surface area contributed by atoms with Crippen LogP contribution in [0.3, 0.4) is 0 Å². The third-order valence-corrected chi connectivity index (χ3v) is 1.92. The molecule has 5 heteroatoms. The van der Waals surface area contributed by atoms with Gasteiger partial charge in [-0.25, -0.2) is 9.59 Å². The highest BCUT2D eigenvalue weighted by Gasteiger charge is 2.08. The average Bonchev–Trinajstić information content (AvgIpc) is 2.28. The highest BCUT2D eigenvalue weighted by Crippen LogP contribution is 2.03. The van der Waals surface area contributed by atoms with Gasteiger partial charge in [0.05, 0.1) is 7.11 Å². The number of hydrogen-bond acceptors (Lipinski definition) is 4. The number of nitrogens with two attached hydrogens (primary N) is 1. The van der Waals surface area contributed by atoms with E-state index in [-0.39, 0.29) is 0 Å². The zero-order chi connectivity index (χ0) is 12.8. The van der Waals surface area contributed by atoms with Crippen molar-refractivity contribution in [1.82, 2.24) is 0 Å². The highest BCUT2D eigenvalue weighted by atomic mass is 16.5. The molecular weight excluding hydrogens is 210 g/mol. The predicted molar refractivity (Wildman–Crippen MR) is 62.1 cm³/mol. The lowest BCUT2D eigenvalue weighted by atomic mass is 10.1. The molecule has 3 N–H and O–H groups in total. The SMILES string of the molecule is CCCCCCCCN.COC(=O)C(=O)O. The molecule has 5 nitrogen and oxygen atoms in total. The number of aliphatic carboxylic acids is 1. The van der Waals surface area contributed by atoms with Crippen molar-refractivity contribution in [2.75, 3.05) is 13.7 Å². The molecule has 0 bridgehead atoms. The summed E-state index contributed by atoms with van der Waals surface area (Å²) in [6.45, 7) is 3.11. The summed E-state index contributed by atoms with van der Waals surface area (Å²) in [5.41, 5.74) is 5.34. The van der Waals surface area contributed by atoms with E-state index in [1.54, 1.807) is 0 Å². The summed E-state index contributed by atoms with van der Waals surface area (Å²) in [6.07, 6.45) is 8.05. The molecule has 0 saturated carbocycles. The van der Waals surface area contributed by atoms with Crippen molar-refractivity contribution in [1.29, 1.82) is 0 Å². The Morgan fingerprint density at radius 2 is 1.62 bits per heavy atom. The number of carboxylic acids is 1. The second kappa shape index (κ2) is 13.9. The Kier molecular flexibility index (Phi) is 15.0. The Bertz CT molecular complexity index is 177. The molecule has 0 aromatic heterocycles. The lowest BCUT2D eigenvalue weighted by Gasteiger charge is -1.96. The summed E-state index contributed by atoms with van der Waals surface area (Å²) in [7, 11) is 1.01. The van der Waals surface area contributed by atoms with E-state index in [0.29, 0.717) is 0 Å². The van der Waals surface area contributed by atoms with Crippen LogP contribution in [0.5, 0.6) is 0 Å². The van der Waals surface area contributed by atoms with Crippen molar-refractivity contribution in [2.24, 2.45) is 5.73 Å². The minimum absolute atomic E-state index is 0.867. The maximum atomic E-state index is 9.69. The molecule has 0 atom stereocenters. The molecule has 0 fully saturated rings. The van der Waals surface area contributed by atoms with Gasteiger partial charge in [0, 0.05) is 0 Å². The van der Waals surface area contributed by atoms with Crippen LogP contribution in [0.25, 0.3) is 0 Å². The Balaban J connectivity index is 0. The third kappa shape index (κ3) is 15.4. The van der Waals surface area contributed by atoms with Crippen molar-refractivity contribution in [3.8, 4) is 0 Å². The van der Waals surface area contributed by atoms with E-state index in [4.69, 9.17) is 10.8 Å². The second-order valence-corrected chi connectivity index (χ2v) is 3.35. The molecule has 0 spiro atoms. The number of esters is 1. The molecule has 0 radical (unpaired) electrons. The largest absolute Gasteiger partial charge is 0.473 e. The average molecular weight is 233 g/mol. The fraction of sp³-hybridized carbons (Fsp3) is 0.818. The van der Waals surface area contributed by atoms with Crippen molar-refractivity contribution in [3.63, 3.8) is 0 Å². The lowest BCUT2D eigenvalue weighted by molar-refractivity contribution is -0.161. The molecule has 0 aliphatic carbocycles. The van der Waals surface area contributed by atoms with Gasteiger partial charge in [0.1, 0.15) is 0 Å². The van der Waals surface area contributed by atoms with Crippen LogP contribution in [-0.4, -0.2) is 30.7 Å². The van der Waals surface area contributed by atoms with E-state index < -0.39 is 11.9 Å². The zero-order valence-corrected chi connectivity index (χ0v) is 10.2. The lowest BCUT2D eigenvalue weighted by Crippen LogP contribution is -2.13. The Morgan fingerprint density at radius 1 is 1.12 bits per heavy atom. The monoisotopic (exact) mass is 233 g/mol. The number of hydrogen-bond donors (Lipinski definition) is 2. The molecule has 0 amide bonds. The van der Waals surface area contributed by atoms with Gasteiger partial charge in [-0.15, -0.1) is 0 Å². The van der Waals surface area contributed by atoms with Gasteiger partial charge in [-0.3, -0.25) is 0 Å². The molecule has 0 heterocycles. The smallest absolute Gasteiger partial charge is 0.417 e. The Labute approximate surface area is 97.0 Å². The molecule has 96 valence electrons. The number of rotatable bonds is 6. The van der Waals surface area contributed by atoms with Crippen molar-refractivity contribution >= 4 is 11.9 Å².